The van der Waals surface area contributed by atoms with Gasteiger partial charge in [-0.3, -0.25) is 9.78 Å². The van der Waals surface area contributed by atoms with Crippen LogP contribution in [0.1, 0.15) is 50.6 Å². The molecule has 3 aliphatic carbocycles. The largest absolute Gasteiger partial charge is 0.300 e. The fourth-order valence-electron chi connectivity index (χ4n) is 6.25. The Morgan fingerprint density at radius 1 is 0.966 bits per heavy atom. The number of ketones is 1. The second kappa shape index (κ2) is 7.85. The third-order valence-electron chi connectivity index (χ3n) is 7.55. The van der Waals surface area contributed by atoms with Gasteiger partial charge in [0, 0.05) is 24.6 Å². The summed E-state index contributed by atoms with van der Waals surface area (Å²) >= 11 is 0. The van der Waals surface area contributed by atoms with Gasteiger partial charge in [-0.2, -0.15) is 0 Å². The molecule has 0 unspecified atom stereocenters. The molecule has 0 N–H and O–H groups in total. The maximum Gasteiger partial charge on any atom is 0.133 e. The summed E-state index contributed by atoms with van der Waals surface area (Å²) < 4.78 is 13.5. The van der Waals surface area contributed by atoms with Crippen LogP contribution in [0.2, 0.25) is 0 Å². The number of benzene rings is 1. The lowest BCUT2D eigenvalue weighted by Gasteiger charge is -2.46. The number of carbonyl (C=O) groups is 1. The summed E-state index contributed by atoms with van der Waals surface area (Å²) in [6.07, 6.45) is 14.5. The van der Waals surface area contributed by atoms with Crippen LogP contribution in [0.15, 0.2) is 48.7 Å². The molecule has 0 spiro atoms. The summed E-state index contributed by atoms with van der Waals surface area (Å²) in [5, 5.41) is 0. The molecule has 29 heavy (non-hydrogen) atoms. The van der Waals surface area contributed by atoms with E-state index < -0.39 is 0 Å². The molecular weight excluding hydrogens is 361 g/mol. The van der Waals surface area contributed by atoms with Crippen molar-refractivity contribution >= 4 is 11.9 Å². The quantitative estimate of drug-likeness (QED) is 0.614. The van der Waals surface area contributed by atoms with Crippen molar-refractivity contribution in [3.63, 3.8) is 0 Å². The number of pyridine rings is 1. The fraction of sp³-hybridized carbons (Fsp3) is 0.462. The van der Waals surface area contributed by atoms with E-state index in [1.807, 2.05) is 24.4 Å². The van der Waals surface area contributed by atoms with Gasteiger partial charge in [0.15, 0.2) is 0 Å². The molecule has 150 valence electrons. The Morgan fingerprint density at radius 2 is 1.86 bits per heavy atom. The molecular formula is C26H28FNO. The second-order valence-corrected chi connectivity index (χ2v) is 9.23. The Hall–Kier alpha value is -2.29. The highest BCUT2D eigenvalue weighted by atomic mass is 19.1. The molecule has 0 bridgehead atoms. The molecule has 1 heterocycles. The monoisotopic (exact) mass is 389 g/mol. The molecule has 3 aliphatic rings. The molecule has 1 aromatic carbocycles. The lowest BCUT2D eigenvalue weighted by Crippen LogP contribution is -2.38. The third-order valence-corrected chi connectivity index (χ3v) is 7.55. The van der Waals surface area contributed by atoms with E-state index in [2.05, 4.69) is 17.1 Å². The second-order valence-electron chi connectivity index (χ2n) is 9.23. The predicted molar refractivity (Wildman–Crippen MR) is 113 cm³/mol. The number of halogens is 1. The van der Waals surface area contributed by atoms with Gasteiger partial charge in [0.25, 0.3) is 0 Å². The van der Waals surface area contributed by atoms with Gasteiger partial charge in [-0.15, -0.1) is 0 Å². The van der Waals surface area contributed by atoms with Gasteiger partial charge in [-0.25, -0.2) is 4.39 Å². The lowest BCUT2D eigenvalue weighted by atomic mass is 9.58. The van der Waals surface area contributed by atoms with Crippen LogP contribution >= 0.6 is 0 Å². The molecule has 0 saturated heterocycles. The Morgan fingerprint density at radius 3 is 2.69 bits per heavy atom. The van der Waals surface area contributed by atoms with Gasteiger partial charge >= 0.3 is 0 Å². The standard InChI is InChI=1S/C26H28FNO/c27-21-6-3-5-17(13-21)19-8-9-22(28-16-19)10-11-25-24-7-2-1-4-18(24)12-20-14-23(29)15-26(20)25/h3,5-6,8-11,13,16,18,20,24-26H,1-2,4,7,12,14-15H2/b11-10+/t18-,20+,24+,25-,26-/m0/s1. The summed E-state index contributed by atoms with van der Waals surface area (Å²) in [5.74, 6) is 3.41. The van der Waals surface area contributed by atoms with E-state index in [-0.39, 0.29) is 5.82 Å². The van der Waals surface area contributed by atoms with Crippen LogP contribution in [0.5, 0.6) is 0 Å². The van der Waals surface area contributed by atoms with Crippen molar-refractivity contribution in [2.45, 2.75) is 44.9 Å². The zero-order valence-electron chi connectivity index (χ0n) is 16.8. The first-order chi connectivity index (χ1) is 14.2. The maximum atomic E-state index is 13.5. The molecule has 1 aromatic heterocycles. The Kier molecular flexibility index (Phi) is 5.07. The first-order valence-electron chi connectivity index (χ1n) is 11.1. The Labute approximate surface area is 172 Å². The van der Waals surface area contributed by atoms with E-state index in [9.17, 15) is 9.18 Å². The SMILES string of the molecule is O=C1C[C@H]2C[C@@H]3CCCC[C@H]3[C@H](/C=C/c3ccc(-c4cccc(F)c4)cn3)[C@H]2C1. The summed E-state index contributed by atoms with van der Waals surface area (Å²) in [6.45, 7) is 0. The third kappa shape index (κ3) is 3.80. The van der Waals surface area contributed by atoms with Crippen LogP contribution in [0, 0.1) is 35.4 Å². The van der Waals surface area contributed by atoms with E-state index in [0.717, 1.165) is 41.5 Å². The van der Waals surface area contributed by atoms with Crippen LogP contribution in [0.4, 0.5) is 4.39 Å². The molecule has 3 fully saturated rings. The van der Waals surface area contributed by atoms with Gasteiger partial charge in [-0.1, -0.05) is 43.5 Å². The van der Waals surface area contributed by atoms with Gasteiger partial charge in [-0.05, 0) is 72.3 Å². The number of carbonyl (C=O) groups excluding carboxylic acids is 1. The van der Waals surface area contributed by atoms with Crippen LogP contribution in [-0.2, 0) is 4.79 Å². The summed E-state index contributed by atoms with van der Waals surface area (Å²) in [5.41, 5.74) is 2.70. The number of fused-ring (bicyclic) bond motifs is 2. The highest BCUT2D eigenvalue weighted by Gasteiger charge is 2.47. The molecule has 0 radical (unpaired) electrons. The number of hydrogen-bond donors (Lipinski definition) is 0. The van der Waals surface area contributed by atoms with Crippen molar-refractivity contribution in [3.05, 3.63) is 60.2 Å². The average molecular weight is 390 g/mol. The van der Waals surface area contributed by atoms with Crippen molar-refractivity contribution in [2.75, 3.05) is 0 Å². The van der Waals surface area contributed by atoms with E-state index in [1.54, 1.807) is 6.07 Å². The van der Waals surface area contributed by atoms with Crippen LogP contribution in [0.3, 0.4) is 0 Å². The molecule has 0 amide bonds. The summed E-state index contributed by atoms with van der Waals surface area (Å²) in [7, 11) is 0. The van der Waals surface area contributed by atoms with Crippen molar-refractivity contribution in [1.82, 2.24) is 4.98 Å². The molecule has 0 aliphatic heterocycles. The molecule has 3 saturated carbocycles. The van der Waals surface area contributed by atoms with Gasteiger partial charge in [0.2, 0.25) is 0 Å². The number of rotatable bonds is 3. The number of hydrogen-bond acceptors (Lipinski definition) is 2. The number of nitrogens with zero attached hydrogens (tertiary/aromatic N) is 1. The fourth-order valence-corrected chi connectivity index (χ4v) is 6.25. The minimum Gasteiger partial charge on any atom is -0.300 e. The Bertz CT molecular complexity index is 919. The van der Waals surface area contributed by atoms with Crippen molar-refractivity contribution in [3.8, 4) is 11.1 Å². The number of aromatic nitrogens is 1. The normalized spacial score (nSPS) is 31.6. The highest BCUT2D eigenvalue weighted by molar-refractivity contribution is 5.81. The maximum absolute atomic E-state index is 13.5. The smallest absolute Gasteiger partial charge is 0.133 e. The number of allylic oxidation sites excluding steroid dienone is 1. The molecule has 3 heteroatoms. The van der Waals surface area contributed by atoms with E-state index >= 15 is 0 Å². The van der Waals surface area contributed by atoms with Crippen LogP contribution in [-0.4, -0.2) is 10.8 Å². The zero-order chi connectivity index (χ0) is 19.8. The van der Waals surface area contributed by atoms with E-state index in [0.29, 0.717) is 23.5 Å². The molecule has 5 rings (SSSR count). The number of Topliss-reactive ketones (excluding diaryl/α,β-unsaturated/α-hetero) is 1. The average Bonchev–Trinajstić information content (AvgIpc) is 3.11. The van der Waals surface area contributed by atoms with Gasteiger partial charge < -0.3 is 0 Å². The molecule has 2 nitrogen and oxygen atoms in total. The highest BCUT2D eigenvalue weighted by Crippen LogP contribution is 2.54. The topological polar surface area (TPSA) is 30.0 Å². The first-order valence-corrected chi connectivity index (χ1v) is 11.1. The zero-order valence-corrected chi connectivity index (χ0v) is 16.8. The first kappa shape index (κ1) is 18.7. The Balaban J connectivity index is 1.37. The lowest BCUT2D eigenvalue weighted by molar-refractivity contribution is -0.117. The summed E-state index contributed by atoms with van der Waals surface area (Å²) in [6, 6.07) is 10.6. The van der Waals surface area contributed by atoms with Gasteiger partial charge in [0.05, 0.1) is 5.69 Å². The van der Waals surface area contributed by atoms with Gasteiger partial charge in [0.1, 0.15) is 11.6 Å². The van der Waals surface area contributed by atoms with Crippen LogP contribution < -0.4 is 0 Å². The van der Waals surface area contributed by atoms with Crippen molar-refractivity contribution in [1.29, 1.82) is 0 Å². The van der Waals surface area contributed by atoms with Crippen molar-refractivity contribution < 1.29 is 9.18 Å². The van der Waals surface area contributed by atoms with E-state index in [1.165, 1.54) is 44.2 Å². The predicted octanol–water partition coefficient (Wildman–Crippen LogP) is 6.32. The molecule has 5 atom stereocenters. The minimum atomic E-state index is -0.230. The van der Waals surface area contributed by atoms with E-state index in [4.69, 9.17) is 0 Å². The summed E-state index contributed by atoms with van der Waals surface area (Å²) in [4.78, 5) is 16.8. The van der Waals surface area contributed by atoms with Crippen LogP contribution in [0.25, 0.3) is 17.2 Å². The minimum absolute atomic E-state index is 0.230. The van der Waals surface area contributed by atoms with Crippen molar-refractivity contribution in [2.24, 2.45) is 29.6 Å². The molecule has 2 aromatic rings.